The molecule has 0 spiro atoms. The van der Waals surface area contributed by atoms with Crippen molar-refractivity contribution in [1.29, 1.82) is 5.26 Å². The molecule has 0 radical (unpaired) electrons. The Bertz CT molecular complexity index is 815. The molecule has 0 heterocycles. The second kappa shape index (κ2) is 7.32. The fourth-order valence-electron chi connectivity index (χ4n) is 2.12. The quantitative estimate of drug-likeness (QED) is 0.617. The molecule has 1 N–H and O–H groups in total. The maximum absolute atomic E-state index is 12.4. The first kappa shape index (κ1) is 17.1. The lowest BCUT2D eigenvalue weighted by atomic mass is 10.1. The number of nitrogens with one attached hydrogen (secondary N) is 1. The third-order valence-electron chi connectivity index (χ3n) is 3.35. The molecule has 0 fully saturated rings. The summed E-state index contributed by atoms with van der Waals surface area (Å²) in [6, 6.07) is 12.5. The zero-order chi connectivity index (χ0) is 17.0. The van der Waals surface area contributed by atoms with Crippen LogP contribution in [0.25, 0.3) is 6.08 Å². The van der Waals surface area contributed by atoms with Gasteiger partial charge in [0.2, 0.25) is 0 Å². The van der Waals surface area contributed by atoms with Crippen molar-refractivity contribution < 1.29 is 4.79 Å². The van der Waals surface area contributed by atoms with E-state index >= 15 is 0 Å². The summed E-state index contributed by atoms with van der Waals surface area (Å²) in [6.07, 6.45) is 1.45. The van der Waals surface area contributed by atoms with Crippen LogP contribution in [0.15, 0.2) is 42.0 Å². The van der Waals surface area contributed by atoms with Gasteiger partial charge in [-0.05, 0) is 48.7 Å². The molecule has 0 aliphatic carbocycles. The van der Waals surface area contributed by atoms with Crippen LogP contribution in [0.3, 0.4) is 0 Å². The Morgan fingerprint density at radius 3 is 2.39 bits per heavy atom. The summed E-state index contributed by atoms with van der Waals surface area (Å²) in [5.41, 5.74) is 3.10. The van der Waals surface area contributed by atoms with E-state index in [-0.39, 0.29) is 5.57 Å². The van der Waals surface area contributed by atoms with Crippen LogP contribution in [0.4, 0.5) is 5.69 Å². The number of carbonyl (C=O) groups excluding carboxylic acids is 1. The second-order valence-electron chi connectivity index (χ2n) is 5.06. The van der Waals surface area contributed by atoms with Crippen molar-refractivity contribution in [2.45, 2.75) is 13.8 Å². The Labute approximate surface area is 145 Å². The fourth-order valence-corrected chi connectivity index (χ4v) is 2.58. The number of carbonyl (C=O) groups is 1. The Morgan fingerprint density at radius 2 is 1.83 bits per heavy atom. The number of hydrogen-bond donors (Lipinski definition) is 1. The Hall–Kier alpha value is -2.28. The highest BCUT2D eigenvalue weighted by Crippen LogP contribution is 2.24. The molecule has 5 heteroatoms. The molecule has 0 aliphatic heterocycles. The van der Waals surface area contributed by atoms with E-state index in [1.807, 2.05) is 38.1 Å². The number of hydrogen-bond acceptors (Lipinski definition) is 2. The van der Waals surface area contributed by atoms with Crippen molar-refractivity contribution in [3.8, 4) is 6.07 Å². The molecule has 0 unspecified atom stereocenters. The van der Waals surface area contributed by atoms with Crippen molar-refractivity contribution in [1.82, 2.24) is 0 Å². The zero-order valence-electron chi connectivity index (χ0n) is 12.7. The minimum absolute atomic E-state index is 0.0307. The third-order valence-corrected chi connectivity index (χ3v) is 3.91. The number of amides is 1. The normalized spacial score (nSPS) is 11.0. The Morgan fingerprint density at radius 1 is 1.17 bits per heavy atom. The van der Waals surface area contributed by atoms with E-state index in [0.29, 0.717) is 21.3 Å². The van der Waals surface area contributed by atoms with Gasteiger partial charge < -0.3 is 5.32 Å². The molecule has 0 saturated carbocycles. The summed E-state index contributed by atoms with van der Waals surface area (Å²) in [7, 11) is 0. The first-order chi connectivity index (χ1) is 10.9. The molecule has 23 heavy (non-hydrogen) atoms. The van der Waals surface area contributed by atoms with E-state index in [0.717, 1.165) is 11.1 Å². The average Bonchev–Trinajstić information content (AvgIpc) is 2.50. The van der Waals surface area contributed by atoms with Crippen LogP contribution in [0, 0.1) is 25.2 Å². The maximum Gasteiger partial charge on any atom is 0.266 e. The second-order valence-corrected chi connectivity index (χ2v) is 5.90. The number of rotatable bonds is 3. The van der Waals surface area contributed by atoms with Gasteiger partial charge in [0.05, 0.1) is 0 Å². The highest BCUT2D eigenvalue weighted by Gasteiger charge is 2.13. The molecule has 2 aromatic rings. The van der Waals surface area contributed by atoms with Crippen molar-refractivity contribution in [2.75, 3.05) is 5.32 Å². The van der Waals surface area contributed by atoms with E-state index < -0.39 is 5.91 Å². The van der Waals surface area contributed by atoms with Crippen LogP contribution in [-0.2, 0) is 4.79 Å². The van der Waals surface area contributed by atoms with Crippen LogP contribution in [0.2, 0.25) is 10.0 Å². The third kappa shape index (κ3) is 4.13. The van der Waals surface area contributed by atoms with Gasteiger partial charge in [-0.3, -0.25) is 4.79 Å². The molecule has 3 nitrogen and oxygen atoms in total. The molecular formula is C18H14Cl2N2O. The Kier molecular flexibility index (Phi) is 5.44. The smallest absolute Gasteiger partial charge is 0.266 e. The van der Waals surface area contributed by atoms with Crippen LogP contribution in [-0.4, -0.2) is 5.91 Å². The van der Waals surface area contributed by atoms with Gasteiger partial charge in [-0.1, -0.05) is 47.5 Å². The molecule has 1 amide bonds. The SMILES string of the molecule is Cc1cccc(C)c1NC(=O)/C(C#N)=C/c1ccc(Cl)cc1Cl. The maximum atomic E-state index is 12.4. The van der Waals surface area contributed by atoms with Crippen LogP contribution >= 0.6 is 23.2 Å². The largest absolute Gasteiger partial charge is 0.321 e. The summed E-state index contributed by atoms with van der Waals surface area (Å²) < 4.78 is 0. The van der Waals surface area contributed by atoms with E-state index in [2.05, 4.69) is 5.32 Å². The van der Waals surface area contributed by atoms with E-state index in [1.54, 1.807) is 18.2 Å². The molecule has 0 aliphatic rings. The molecular weight excluding hydrogens is 331 g/mol. The molecule has 0 aromatic heterocycles. The lowest BCUT2D eigenvalue weighted by Gasteiger charge is -2.11. The van der Waals surface area contributed by atoms with Crippen molar-refractivity contribution in [2.24, 2.45) is 0 Å². The van der Waals surface area contributed by atoms with Gasteiger partial charge in [-0.2, -0.15) is 5.26 Å². The predicted octanol–water partition coefficient (Wildman–Crippen LogP) is 5.16. The van der Waals surface area contributed by atoms with E-state index in [1.165, 1.54) is 6.08 Å². The van der Waals surface area contributed by atoms with Gasteiger partial charge in [0.25, 0.3) is 5.91 Å². The Balaban J connectivity index is 2.32. The number of halogens is 2. The molecule has 0 saturated heterocycles. The topological polar surface area (TPSA) is 52.9 Å². The summed E-state index contributed by atoms with van der Waals surface area (Å²) >= 11 is 11.9. The summed E-state index contributed by atoms with van der Waals surface area (Å²) in [5, 5.41) is 12.9. The summed E-state index contributed by atoms with van der Waals surface area (Å²) in [5.74, 6) is -0.476. The number of para-hydroxylation sites is 1. The van der Waals surface area contributed by atoms with Gasteiger partial charge in [0.1, 0.15) is 11.6 Å². The van der Waals surface area contributed by atoms with Crippen molar-refractivity contribution in [3.63, 3.8) is 0 Å². The highest BCUT2D eigenvalue weighted by molar-refractivity contribution is 6.35. The minimum Gasteiger partial charge on any atom is -0.321 e. The number of nitriles is 1. The first-order valence-electron chi connectivity index (χ1n) is 6.87. The lowest BCUT2D eigenvalue weighted by molar-refractivity contribution is -0.112. The molecule has 2 rings (SSSR count). The van der Waals surface area contributed by atoms with Gasteiger partial charge in [0.15, 0.2) is 0 Å². The summed E-state index contributed by atoms with van der Waals surface area (Å²) in [6.45, 7) is 3.79. The van der Waals surface area contributed by atoms with E-state index in [9.17, 15) is 10.1 Å². The standard InChI is InChI=1S/C18H14Cl2N2O/c1-11-4-3-5-12(2)17(11)22-18(23)14(10-21)8-13-6-7-15(19)9-16(13)20/h3-9H,1-2H3,(H,22,23)/b14-8+. The van der Waals surface area contributed by atoms with Gasteiger partial charge in [-0.25, -0.2) is 0 Å². The van der Waals surface area contributed by atoms with Gasteiger partial charge >= 0.3 is 0 Å². The lowest BCUT2D eigenvalue weighted by Crippen LogP contribution is -2.15. The summed E-state index contributed by atoms with van der Waals surface area (Å²) in [4.78, 5) is 12.4. The zero-order valence-corrected chi connectivity index (χ0v) is 14.2. The highest BCUT2D eigenvalue weighted by atomic mass is 35.5. The van der Waals surface area contributed by atoms with Gasteiger partial charge in [0, 0.05) is 15.7 Å². The van der Waals surface area contributed by atoms with E-state index in [4.69, 9.17) is 23.2 Å². The van der Waals surface area contributed by atoms with Crippen molar-refractivity contribution in [3.05, 3.63) is 68.7 Å². The molecule has 0 atom stereocenters. The average molecular weight is 345 g/mol. The number of benzene rings is 2. The van der Waals surface area contributed by atoms with Crippen LogP contribution in [0.5, 0.6) is 0 Å². The van der Waals surface area contributed by atoms with Crippen LogP contribution in [0.1, 0.15) is 16.7 Å². The number of anilines is 1. The molecule has 116 valence electrons. The number of nitrogens with zero attached hydrogens (tertiary/aromatic N) is 1. The minimum atomic E-state index is -0.476. The molecule has 2 aromatic carbocycles. The predicted molar refractivity (Wildman–Crippen MR) is 94.6 cm³/mol. The monoisotopic (exact) mass is 344 g/mol. The van der Waals surface area contributed by atoms with Gasteiger partial charge in [-0.15, -0.1) is 0 Å². The first-order valence-corrected chi connectivity index (χ1v) is 7.62. The molecule has 0 bridgehead atoms. The number of aryl methyl sites for hydroxylation is 2. The van der Waals surface area contributed by atoms with Crippen LogP contribution < -0.4 is 5.32 Å². The van der Waals surface area contributed by atoms with Crippen molar-refractivity contribution >= 4 is 40.9 Å². The fraction of sp³-hybridized carbons (Fsp3) is 0.111.